The summed E-state index contributed by atoms with van der Waals surface area (Å²) in [7, 11) is 0. The van der Waals surface area contributed by atoms with Gasteiger partial charge in [-0.2, -0.15) is 13.2 Å². The second-order valence-corrected chi connectivity index (χ2v) is 4.37. The Morgan fingerprint density at radius 2 is 2.05 bits per heavy atom. The lowest BCUT2D eigenvalue weighted by Crippen LogP contribution is -2.11. The van der Waals surface area contributed by atoms with Crippen LogP contribution in [0.2, 0.25) is 0 Å². The molecular formula is C13H8F3N3O2. The van der Waals surface area contributed by atoms with Gasteiger partial charge >= 0.3 is 6.18 Å². The number of imidazole rings is 1. The van der Waals surface area contributed by atoms with Crippen molar-refractivity contribution in [2.45, 2.75) is 6.18 Å². The predicted molar refractivity (Wildman–Crippen MR) is 66.4 cm³/mol. The third-order valence-electron chi connectivity index (χ3n) is 2.96. The molecule has 0 aromatic carbocycles. The summed E-state index contributed by atoms with van der Waals surface area (Å²) in [6.07, 6.45) is 0.662. The lowest BCUT2D eigenvalue weighted by molar-refractivity contribution is -0.136. The Kier molecular flexibility index (Phi) is 2.75. The molecule has 0 unspecified atom stereocenters. The van der Waals surface area contributed by atoms with Crippen LogP contribution in [0.3, 0.4) is 0 Å². The first-order valence-corrected chi connectivity index (χ1v) is 5.78. The standard InChI is InChI=1S/C13H8F3N3O2/c14-13(15,16)9-3-8(7-1-2-21-6-7)4-19-5-10(11(17)20)18-12(9)19/h1-6H,(H2,17,20). The number of pyridine rings is 1. The molecule has 0 aliphatic carbocycles. The van der Waals surface area contributed by atoms with E-state index in [0.717, 1.165) is 16.7 Å². The maximum Gasteiger partial charge on any atom is 0.420 e. The van der Waals surface area contributed by atoms with E-state index in [4.69, 9.17) is 10.2 Å². The minimum Gasteiger partial charge on any atom is -0.472 e. The zero-order valence-electron chi connectivity index (χ0n) is 10.4. The van der Waals surface area contributed by atoms with Gasteiger partial charge in [0.05, 0.1) is 18.1 Å². The van der Waals surface area contributed by atoms with Crippen molar-refractivity contribution in [2.24, 2.45) is 5.73 Å². The van der Waals surface area contributed by atoms with Crippen molar-refractivity contribution in [3.8, 4) is 11.1 Å². The second kappa shape index (κ2) is 4.37. The number of alkyl halides is 3. The fourth-order valence-electron chi connectivity index (χ4n) is 2.01. The molecule has 8 heteroatoms. The van der Waals surface area contributed by atoms with Gasteiger partial charge in [0.25, 0.3) is 5.91 Å². The van der Waals surface area contributed by atoms with E-state index in [-0.39, 0.29) is 16.9 Å². The monoisotopic (exact) mass is 295 g/mol. The molecule has 3 aromatic heterocycles. The number of rotatable bonds is 2. The van der Waals surface area contributed by atoms with Gasteiger partial charge in [-0.05, 0) is 12.1 Å². The van der Waals surface area contributed by atoms with E-state index >= 15 is 0 Å². The normalized spacial score (nSPS) is 12.0. The summed E-state index contributed by atoms with van der Waals surface area (Å²) in [5.41, 5.74) is 4.28. The van der Waals surface area contributed by atoms with Gasteiger partial charge in [0.1, 0.15) is 11.3 Å². The Bertz CT molecular complexity index is 819. The summed E-state index contributed by atoms with van der Waals surface area (Å²) in [4.78, 5) is 14.7. The third-order valence-corrected chi connectivity index (χ3v) is 2.96. The van der Waals surface area contributed by atoms with Crippen molar-refractivity contribution in [2.75, 3.05) is 0 Å². The second-order valence-electron chi connectivity index (χ2n) is 4.37. The van der Waals surface area contributed by atoms with E-state index in [9.17, 15) is 18.0 Å². The Balaban J connectivity index is 2.32. The van der Waals surface area contributed by atoms with Crippen LogP contribution in [0.1, 0.15) is 16.1 Å². The molecule has 21 heavy (non-hydrogen) atoms. The van der Waals surface area contributed by atoms with Crippen molar-refractivity contribution >= 4 is 11.6 Å². The van der Waals surface area contributed by atoms with Gasteiger partial charge in [-0.25, -0.2) is 4.98 Å². The largest absolute Gasteiger partial charge is 0.472 e. The molecule has 108 valence electrons. The highest BCUT2D eigenvalue weighted by Gasteiger charge is 2.35. The number of fused-ring (bicyclic) bond motifs is 1. The fraction of sp³-hybridized carbons (Fsp3) is 0.0769. The highest BCUT2D eigenvalue weighted by molar-refractivity contribution is 5.91. The van der Waals surface area contributed by atoms with E-state index < -0.39 is 17.6 Å². The van der Waals surface area contributed by atoms with Crippen LogP contribution in [-0.4, -0.2) is 15.3 Å². The number of hydrogen-bond acceptors (Lipinski definition) is 3. The molecule has 0 bridgehead atoms. The van der Waals surface area contributed by atoms with Gasteiger partial charge in [-0.3, -0.25) is 4.79 Å². The Morgan fingerprint density at radius 3 is 2.62 bits per heavy atom. The van der Waals surface area contributed by atoms with Crippen LogP contribution >= 0.6 is 0 Å². The number of carbonyl (C=O) groups excluding carboxylic acids is 1. The molecule has 3 heterocycles. The van der Waals surface area contributed by atoms with Crippen molar-refractivity contribution in [3.05, 3.63) is 48.3 Å². The number of carbonyl (C=O) groups is 1. The number of aromatic nitrogens is 2. The maximum atomic E-state index is 13.2. The van der Waals surface area contributed by atoms with E-state index in [1.165, 1.54) is 24.8 Å². The number of furan rings is 1. The molecule has 0 fully saturated rings. The van der Waals surface area contributed by atoms with Gasteiger partial charge in [-0.1, -0.05) is 0 Å². The molecule has 0 saturated heterocycles. The zero-order chi connectivity index (χ0) is 15.2. The lowest BCUT2D eigenvalue weighted by atomic mass is 10.1. The summed E-state index contributed by atoms with van der Waals surface area (Å²) >= 11 is 0. The van der Waals surface area contributed by atoms with Crippen molar-refractivity contribution in [1.82, 2.24) is 9.38 Å². The first-order chi connectivity index (χ1) is 9.86. The van der Waals surface area contributed by atoms with Gasteiger partial charge in [0.2, 0.25) is 0 Å². The average Bonchev–Trinajstić information content (AvgIpc) is 3.05. The van der Waals surface area contributed by atoms with Gasteiger partial charge in [0, 0.05) is 23.5 Å². The molecule has 3 aromatic rings. The van der Waals surface area contributed by atoms with Crippen molar-refractivity contribution < 1.29 is 22.4 Å². The van der Waals surface area contributed by atoms with Crippen LogP contribution in [0.4, 0.5) is 13.2 Å². The molecule has 2 N–H and O–H groups in total. The zero-order valence-corrected chi connectivity index (χ0v) is 10.4. The van der Waals surface area contributed by atoms with Gasteiger partial charge in [-0.15, -0.1) is 0 Å². The number of amides is 1. The minimum atomic E-state index is -4.61. The van der Waals surface area contributed by atoms with Crippen LogP contribution in [0, 0.1) is 0 Å². The smallest absolute Gasteiger partial charge is 0.420 e. The quantitative estimate of drug-likeness (QED) is 0.790. The number of nitrogens with two attached hydrogens (primary N) is 1. The predicted octanol–water partition coefficient (Wildman–Crippen LogP) is 2.71. The first kappa shape index (κ1) is 13.2. The minimum absolute atomic E-state index is 0.232. The SMILES string of the molecule is NC(=O)c1cn2cc(-c3ccoc3)cc(C(F)(F)F)c2n1. The summed E-state index contributed by atoms with van der Waals surface area (Å²) in [6, 6.07) is 2.49. The molecule has 3 rings (SSSR count). The van der Waals surface area contributed by atoms with Crippen LogP contribution in [0.5, 0.6) is 0 Å². The summed E-state index contributed by atoms with van der Waals surface area (Å²) in [5.74, 6) is -0.892. The molecule has 0 aliphatic heterocycles. The molecule has 0 spiro atoms. The third kappa shape index (κ3) is 2.24. The molecule has 0 atom stereocenters. The fourth-order valence-corrected chi connectivity index (χ4v) is 2.01. The van der Waals surface area contributed by atoms with Crippen molar-refractivity contribution in [1.29, 1.82) is 0 Å². The van der Waals surface area contributed by atoms with Crippen LogP contribution in [-0.2, 0) is 6.18 Å². The molecule has 0 radical (unpaired) electrons. The van der Waals surface area contributed by atoms with Gasteiger partial charge in [0.15, 0.2) is 0 Å². The highest BCUT2D eigenvalue weighted by atomic mass is 19.4. The summed E-state index contributed by atoms with van der Waals surface area (Å²) < 4.78 is 45.5. The Labute approximate surface area is 115 Å². The highest BCUT2D eigenvalue weighted by Crippen LogP contribution is 2.35. The topological polar surface area (TPSA) is 73.5 Å². The lowest BCUT2D eigenvalue weighted by Gasteiger charge is -2.10. The van der Waals surface area contributed by atoms with E-state index in [1.807, 2.05) is 0 Å². The molecular weight excluding hydrogens is 287 g/mol. The first-order valence-electron chi connectivity index (χ1n) is 5.78. The average molecular weight is 295 g/mol. The van der Waals surface area contributed by atoms with Crippen molar-refractivity contribution in [3.63, 3.8) is 0 Å². The van der Waals surface area contributed by atoms with Crippen LogP contribution < -0.4 is 5.73 Å². The van der Waals surface area contributed by atoms with E-state index in [1.54, 1.807) is 0 Å². The molecule has 5 nitrogen and oxygen atoms in total. The van der Waals surface area contributed by atoms with Crippen LogP contribution in [0.15, 0.2) is 41.5 Å². The van der Waals surface area contributed by atoms with Gasteiger partial charge < -0.3 is 14.6 Å². The molecule has 0 aliphatic rings. The molecule has 0 saturated carbocycles. The van der Waals surface area contributed by atoms with E-state index in [2.05, 4.69) is 4.98 Å². The molecule has 1 amide bonds. The number of hydrogen-bond donors (Lipinski definition) is 1. The number of halogens is 3. The van der Waals surface area contributed by atoms with Crippen LogP contribution in [0.25, 0.3) is 16.8 Å². The maximum absolute atomic E-state index is 13.2. The number of nitrogens with zero attached hydrogens (tertiary/aromatic N) is 2. The Hall–Kier alpha value is -2.77. The summed E-state index contributed by atoms with van der Waals surface area (Å²) in [5, 5.41) is 0. The Morgan fingerprint density at radius 1 is 1.29 bits per heavy atom. The van der Waals surface area contributed by atoms with E-state index in [0.29, 0.717) is 5.56 Å². The summed E-state index contributed by atoms with van der Waals surface area (Å²) in [6.45, 7) is 0. The number of primary amides is 1.